The number of hydrogen-bond donors (Lipinski definition) is 5. The Morgan fingerprint density at radius 2 is 1.05 bits per heavy atom. The molecule has 0 aliphatic carbocycles. The maximum atomic E-state index is 6.09. The van der Waals surface area contributed by atoms with Crippen molar-refractivity contribution in [3.05, 3.63) is 151 Å². The lowest BCUT2D eigenvalue weighted by atomic mass is 9.99. The number of anilines is 6. The molecule has 9 N–H and O–H groups in total. The van der Waals surface area contributed by atoms with Crippen LogP contribution in [0.25, 0.3) is 32.9 Å². The Bertz CT molecular complexity index is 2030. The number of nitrogen functional groups attached to an aromatic ring is 4. The first kappa shape index (κ1) is 28.1. The molecule has 0 fully saturated rings. The van der Waals surface area contributed by atoms with E-state index in [1.807, 2.05) is 78.9 Å². The van der Waals surface area contributed by atoms with E-state index in [1.54, 1.807) is 0 Å². The van der Waals surface area contributed by atoms with Gasteiger partial charge in [-0.25, -0.2) is 4.98 Å². The largest absolute Gasteiger partial charge is 0.399 e. The number of hydrogen-bond acceptors (Lipinski definition) is 6. The summed E-state index contributed by atoms with van der Waals surface area (Å²) in [4.78, 5) is 4.56. The van der Waals surface area contributed by atoms with Crippen molar-refractivity contribution in [3.63, 3.8) is 0 Å². The van der Waals surface area contributed by atoms with Crippen molar-refractivity contribution >= 4 is 55.9 Å². The molecule has 6 nitrogen and oxygen atoms in total. The van der Waals surface area contributed by atoms with Crippen molar-refractivity contribution in [2.24, 2.45) is 0 Å². The van der Waals surface area contributed by atoms with Crippen molar-refractivity contribution in [3.8, 4) is 11.1 Å². The Morgan fingerprint density at radius 1 is 0.477 bits per heavy atom. The predicted octanol–water partition coefficient (Wildman–Crippen LogP) is 8.40. The molecule has 0 saturated carbocycles. The normalized spacial score (nSPS) is 10.7. The first-order valence-corrected chi connectivity index (χ1v) is 14.4. The third-order valence-corrected chi connectivity index (χ3v) is 7.44. The molecule has 0 amide bonds. The summed E-state index contributed by atoms with van der Waals surface area (Å²) in [6, 6.07) is 46.2. The van der Waals surface area contributed by atoms with E-state index < -0.39 is 0 Å². The number of nitrogens with one attached hydrogen (secondary N) is 1. The van der Waals surface area contributed by atoms with Gasteiger partial charge in [0.2, 0.25) is 0 Å². The summed E-state index contributed by atoms with van der Waals surface area (Å²) < 4.78 is 0. The van der Waals surface area contributed by atoms with Crippen LogP contribution in [0.2, 0.25) is 0 Å². The Morgan fingerprint density at radius 3 is 1.77 bits per heavy atom. The highest BCUT2D eigenvalue weighted by molar-refractivity contribution is 5.93. The molecule has 0 bridgehead atoms. The molecule has 0 saturated heterocycles. The van der Waals surface area contributed by atoms with Crippen LogP contribution in [0, 0.1) is 0 Å². The topological polar surface area (TPSA) is 129 Å². The minimum Gasteiger partial charge on any atom is -0.399 e. The van der Waals surface area contributed by atoms with Gasteiger partial charge in [0.1, 0.15) is 0 Å². The molecule has 6 aromatic carbocycles. The number of para-hydroxylation sites is 1. The van der Waals surface area contributed by atoms with Gasteiger partial charge in [-0.2, -0.15) is 0 Å². The molecule has 7 aromatic rings. The fraction of sp³-hybridized carbons (Fsp3) is 0.0263. The summed E-state index contributed by atoms with van der Waals surface area (Å²) in [7, 11) is 0. The van der Waals surface area contributed by atoms with E-state index in [4.69, 9.17) is 22.9 Å². The third-order valence-electron chi connectivity index (χ3n) is 7.44. The Kier molecular flexibility index (Phi) is 7.97. The zero-order chi connectivity index (χ0) is 30.5. The quantitative estimate of drug-likeness (QED) is 0.104. The number of pyridine rings is 1. The third kappa shape index (κ3) is 6.72. The van der Waals surface area contributed by atoms with Gasteiger partial charge in [-0.15, -0.1) is 0 Å². The molecule has 44 heavy (non-hydrogen) atoms. The van der Waals surface area contributed by atoms with Crippen molar-refractivity contribution in [1.29, 1.82) is 0 Å². The number of benzene rings is 6. The van der Waals surface area contributed by atoms with E-state index in [1.165, 1.54) is 11.1 Å². The van der Waals surface area contributed by atoms with Crippen LogP contribution in [0.3, 0.4) is 0 Å². The molecular formula is C38H34N6. The highest BCUT2D eigenvalue weighted by Crippen LogP contribution is 2.29. The highest BCUT2D eigenvalue weighted by Gasteiger charge is 2.05. The maximum Gasteiger partial charge on any atom is 0.0711 e. The van der Waals surface area contributed by atoms with E-state index in [0.29, 0.717) is 5.69 Å². The van der Waals surface area contributed by atoms with Gasteiger partial charge in [0.15, 0.2) is 0 Å². The number of rotatable bonds is 5. The molecule has 0 spiro atoms. The molecular weight excluding hydrogens is 540 g/mol. The Labute approximate surface area is 257 Å². The molecule has 216 valence electrons. The van der Waals surface area contributed by atoms with Crippen LogP contribution < -0.4 is 28.3 Å². The van der Waals surface area contributed by atoms with Crippen LogP contribution in [0.15, 0.2) is 140 Å². The molecule has 0 unspecified atom stereocenters. The first-order chi connectivity index (χ1) is 21.4. The van der Waals surface area contributed by atoms with Gasteiger partial charge < -0.3 is 28.3 Å². The van der Waals surface area contributed by atoms with Crippen molar-refractivity contribution in [1.82, 2.24) is 4.98 Å². The molecule has 0 aliphatic rings. The van der Waals surface area contributed by atoms with Gasteiger partial charge in [0.25, 0.3) is 0 Å². The maximum absolute atomic E-state index is 6.09. The minimum atomic E-state index is 0.714. The lowest BCUT2D eigenvalue weighted by Gasteiger charge is -2.10. The van der Waals surface area contributed by atoms with Crippen LogP contribution in [-0.4, -0.2) is 4.98 Å². The minimum absolute atomic E-state index is 0.714. The molecule has 6 heteroatoms. The van der Waals surface area contributed by atoms with Crippen molar-refractivity contribution in [2.75, 3.05) is 28.3 Å². The summed E-state index contributed by atoms with van der Waals surface area (Å²) in [5, 5.41) is 5.62. The lowest BCUT2D eigenvalue weighted by molar-refractivity contribution is 1.19. The molecule has 1 aromatic heterocycles. The van der Waals surface area contributed by atoms with Crippen LogP contribution >= 0.6 is 0 Å². The van der Waals surface area contributed by atoms with Gasteiger partial charge in [-0.1, -0.05) is 54.6 Å². The lowest BCUT2D eigenvalue weighted by Crippen LogP contribution is -1.94. The zero-order valence-corrected chi connectivity index (χ0v) is 24.2. The molecule has 1 heterocycles. The number of aromatic nitrogens is 1. The van der Waals surface area contributed by atoms with Crippen molar-refractivity contribution < 1.29 is 0 Å². The molecule has 0 atom stereocenters. The molecule has 0 radical (unpaired) electrons. The first-order valence-electron chi connectivity index (χ1n) is 14.4. The SMILES string of the molecule is Nc1ccc(Nc2ccc(Cc3ccc(-c4cc(N)ccc4N)cc3)cc2)cc1.Nc1ccc2nc3ccccc3cc2c1. The van der Waals surface area contributed by atoms with Gasteiger partial charge in [-0.05, 0) is 108 Å². The summed E-state index contributed by atoms with van der Waals surface area (Å²) in [6.07, 6.45) is 0.870. The van der Waals surface area contributed by atoms with E-state index in [9.17, 15) is 0 Å². The van der Waals surface area contributed by atoms with E-state index >= 15 is 0 Å². The number of fused-ring (bicyclic) bond motifs is 2. The van der Waals surface area contributed by atoms with Gasteiger partial charge in [-0.3, -0.25) is 0 Å². The number of nitrogens with two attached hydrogens (primary N) is 4. The standard InChI is InChI=1S/C25H24N4.C13H10N2/c26-20-7-12-23(13-8-20)29-22-10-3-18(4-11-22)15-17-1-5-19(6-2-17)24-16-21(27)9-14-25(24)28;14-11-5-6-13-10(8-11)7-9-3-1-2-4-12(9)15-13/h1-14,16,29H,15,26-28H2;1-8H,14H2. The Balaban J connectivity index is 0.000000190. The molecule has 7 rings (SSSR count). The molecule has 0 aliphatic heterocycles. The number of nitrogens with zero attached hydrogens (tertiary/aromatic N) is 1. The second-order valence-corrected chi connectivity index (χ2v) is 10.8. The van der Waals surface area contributed by atoms with Gasteiger partial charge in [0.05, 0.1) is 11.0 Å². The smallest absolute Gasteiger partial charge is 0.0711 e. The summed E-state index contributed by atoms with van der Waals surface area (Å²) >= 11 is 0. The van der Waals surface area contributed by atoms with Crippen LogP contribution in [0.1, 0.15) is 11.1 Å². The Hall–Kier alpha value is -6.01. The van der Waals surface area contributed by atoms with E-state index in [2.05, 4.69) is 71.0 Å². The zero-order valence-electron chi connectivity index (χ0n) is 24.2. The second kappa shape index (κ2) is 12.5. The fourth-order valence-electron chi connectivity index (χ4n) is 5.10. The van der Waals surface area contributed by atoms with Gasteiger partial charge >= 0.3 is 0 Å². The second-order valence-electron chi connectivity index (χ2n) is 10.8. The van der Waals surface area contributed by atoms with Crippen LogP contribution in [0.5, 0.6) is 0 Å². The summed E-state index contributed by atoms with van der Waals surface area (Å²) in [5.74, 6) is 0. The highest BCUT2D eigenvalue weighted by atomic mass is 14.9. The van der Waals surface area contributed by atoms with Crippen molar-refractivity contribution in [2.45, 2.75) is 6.42 Å². The predicted molar refractivity (Wildman–Crippen MR) is 188 cm³/mol. The average Bonchev–Trinajstić information content (AvgIpc) is 3.04. The average molecular weight is 575 g/mol. The summed E-state index contributed by atoms with van der Waals surface area (Å²) in [6.45, 7) is 0. The fourth-order valence-corrected chi connectivity index (χ4v) is 5.10. The summed E-state index contributed by atoms with van der Waals surface area (Å²) in [5.41, 5.74) is 35.1. The van der Waals surface area contributed by atoms with Gasteiger partial charge in [0, 0.05) is 50.5 Å². The van der Waals surface area contributed by atoms with E-state index in [0.717, 1.165) is 67.8 Å². The monoisotopic (exact) mass is 574 g/mol. The van der Waals surface area contributed by atoms with Crippen LogP contribution in [-0.2, 0) is 6.42 Å². The van der Waals surface area contributed by atoms with E-state index in [-0.39, 0.29) is 0 Å². The van der Waals surface area contributed by atoms with Crippen LogP contribution in [0.4, 0.5) is 34.1 Å².